The molecule has 7 nitrogen and oxygen atoms in total. The Morgan fingerprint density at radius 1 is 1.45 bits per heavy atom. The highest BCUT2D eigenvalue weighted by Gasteiger charge is 2.25. The molecule has 1 fully saturated rings. The highest BCUT2D eigenvalue weighted by molar-refractivity contribution is 5.94. The lowest BCUT2D eigenvalue weighted by atomic mass is 9.97. The summed E-state index contributed by atoms with van der Waals surface area (Å²) in [4.78, 5) is 35.5. The van der Waals surface area contributed by atoms with Crippen LogP contribution in [0.4, 0.5) is 0 Å². The van der Waals surface area contributed by atoms with E-state index in [1.807, 2.05) is 11.8 Å². The lowest BCUT2D eigenvalue weighted by Gasteiger charge is -2.31. The Hall–Kier alpha value is -2.02. The van der Waals surface area contributed by atoms with Crippen molar-refractivity contribution in [2.24, 2.45) is 5.73 Å². The summed E-state index contributed by atoms with van der Waals surface area (Å²) in [5.41, 5.74) is 6.48. The highest BCUT2D eigenvalue weighted by atomic mass is 16.2. The minimum Gasteiger partial charge on any atom is -0.369 e. The van der Waals surface area contributed by atoms with Crippen LogP contribution < -0.4 is 5.73 Å². The molecule has 0 aromatic carbocycles. The Kier molecular flexibility index (Phi) is 5.07. The van der Waals surface area contributed by atoms with Crippen molar-refractivity contribution in [2.75, 3.05) is 33.7 Å². The lowest BCUT2D eigenvalue weighted by molar-refractivity contribution is -0.119. The Morgan fingerprint density at radius 3 is 2.77 bits per heavy atom. The molecule has 0 bridgehead atoms. The molecule has 22 heavy (non-hydrogen) atoms. The predicted molar refractivity (Wildman–Crippen MR) is 82.4 cm³/mol. The molecule has 0 radical (unpaired) electrons. The zero-order valence-electron chi connectivity index (χ0n) is 13.4. The van der Waals surface area contributed by atoms with Gasteiger partial charge in [-0.2, -0.15) is 0 Å². The smallest absolute Gasteiger partial charge is 0.256 e. The number of hydrogen-bond donors (Lipinski definition) is 1. The molecule has 120 valence electrons. The number of rotatable bonds is 4. The fraction of sp³-hybridized carbons (Fsp3) is 0.600. The summed E-state index contributed by atoms with van der Waals surface area (Å²) in [5, 5.41) is 0. The number of carbonyl (C=O) groups is 2. The molecule has 1 atom stereocenters. The van der Waals surface area contributed by atoms with Crippen LogP contribution in [0, 0.1) is 6.92 Å². The van der Waals surface area contributed by atoms with Gasteiger partial charge in [0.1, 0.15) is 5.82 Å². The normalized spacial score (nSPS) is 19.0. The van der Waals surface area contributed by atoms with Gasteiger partial charge in [-0.15, -0.1) is 0 Å². The summed E-state index contributed by atoms with van der Waals surface area (Å²) in [6.45, 7) is 3.69. The zero-order chi connectivity index (χ0) is 16.3. The second kappa shape index (κ2) is 6.83. The van der Waals surface area contributed by atoms with Gasteiger partial charge in [0.2, 0.25) is 5.91 Å². The summed E-state index contributed by atoms with van der Waals surface area (Å²) in [6.07, 6.45) is 3.57. The molecular formula is C15H23N5O2. The molecule has 2 N–H and O–H groups in total. The van der Waals surface area contributed by atoms with E-state index in [-0.39, 0.29) is 24.3 Å². The van der Waals surface area contributed by atoms with E-state index >= 15 is 0 Å². The Morgan fingerprint density at radius 2 is 2.18 bits per heavy atom. The Bertz CT molecular complexity index is 573. The van der Waals surface area contributed by atoms with E-state index in [2.05, 4.69) is 9.97 Å². The number of likely N-dealkylation sites (tertiary alicyclic amines) is 1. The van der Waals surface area contributed by atoms with Crippen LogP contribution in [-0.2, 0) is 4.79 Å². The minimum absolute atomic E-state index is 0.0944. The van der Waals surface area contributed by atoms with Gasteiger partial charge in [0, 0.05) is 32.8 Å². The third-order valence-corrected chi connectivity index (χ3v) is 3.88. The van der Waals surface area contributed by atoms with Crippen molar-refractivity contribution in [3.63, 3.8) is 0 Å². The molecule has 2 rings (SSSR count). The largest absolute Gasteiger partial charge is 0.369 e. The molecule has 1 saturated heterocycles. The van der Waals surface area contributed by atoms with Crippen molar-refractivity contribution in [2.45, 2.75) is 25.7 Å². The maximum absolute atomic E-state index is 12.0. The molecule has 2 amide bonds. The maximum Gasteiger partial charge on any atom is 0.256 e. The van der Waals surface area contributed by atoms with Gasteiger partial charge in [-0.3, -0.25) is 14.5 Å². The highest BCUT2D eigenvalue weighted by Crippen LogP contribution is 2.24. The molecule has 1 aromatic rings. The molecule has 0 aliphatic carbocycles. The fourth-order valence-electron chi connectivity index (χ4n) is 2.76. The molecule has 0 saturated carbocycles. The second-order valence-electron chi connectivity index (χ2n) is 5.97. The fourth-order valence-corrected chi connectivity index (χ4v) is 2.76. The Labute approximate surface area is 130 Å². The molecular weight excluding hydrogens is 282 g/mol. The van der Waals surface area contributed by atoms with Gasteiger partial charge >= 0.3 is 0 Å². The molecule has 7 heteroatoms. The Balaban J connectivity index is 2.14. The van der Waals surface area contributed by atoms with Gasteiger partial charge in [0.05, 0.1) is 17.8 Å². The summed E-state index contributed by atoms with van der Waals surface area (Å²) >= 11 is 0. The molecule has 1 aromatic heterocycles. The van der Waals surface area contributed by atoms with Crippen molar-refractivity contribution >= 4 is 11.8 Å². The van der Waals surface area contributed by atoms with Crippen LogP contribution in [0.25, 0.3) is 0 Å². The van der Waals surface area contributed by atoms with Gasteiger partial charge in [0.15, 0.2) is 0 Å². The van der Waals surface area contributed by atoms with Crippen LogP contribution in [0.1, 0.15) is 40.6 Å². The molecule has 1 aliphatic rings. The second-order valence-corrected chi connectivity index (χ2v) is 5.97. The average molecular weight is 305 g/mol. The first kappa shape index (κ1) is 16.4. The van der Waals surface area contributed by atoms with E-state index in [1.54, 1.807) is 20.3 Å². The first-order valence-corrected chi connectivity index (χ1v) is 7.44. The number of aryl methyl sites for hydroxylation is 1. The van der Waals surface area contributed by atoms with Crippen LogP contribution in [0.2, 0.25) is 0 Å². The van der Waals surface area contributed by atoms with E-state index in [1.165, 1.54) is 4.90 Å². The third-order valence-electron chi connectivity index (χ3n) is 3.88. The topological polar surface area (TPSA) is 92.4 Å². The number of primary amides is 1. The van der Waals surface area contributed by atoms with Crippen molar-refractivity contribution in [1.82, 2.24) is 19.8 Å². The van der Waals surface area contributed by atoms with Gasteiger partial charge < -0.3 is 10.6 Å². The number of nitrogens with zero attached hydrogens (tertiary/aromatic N) is 4. The predicted octanol–water partition coefficient (Wildman–Crippen LogP) is 0.152. The van der Waals surface area contributed by atoms with Crippen LogP contribution in [0.3, 0.4) is 0 Å². The number of carbonyl (C=O) groups excluding carboxylic acids is 2. The quantitative estimate of drug-likeness (QED) is 0.855. The first-order chi connectivity index (χ1) is 10.4. The third kappa shape index (κ3) is 3.79. The summed E-state index contributed by atoms with van der Waals surface area (Å²) in [7, 11) is 3.41. The summed E-state index contributed by atoms with van der Waals surface area (Å²) in [5.74, 6) is 0.505. The van der Waals surface area contributed by atoms with Gasteiger partial charge in [-0.05, 0) is 26.3 Å². The van der Waals surface area contributed by atoms with Crippen LogP contribution >= 0.6 is 0 Å². The van der Waals surface area contributed by atoms with Crippen molar-refractivity contribution in [3.05, 3.63) is 23.3 Å². The number of nitrogens with two attached hydrogens (primary N) is 1. The standard InChI is InChI=1S/C15H23N5O2/c1-10-12(15(22)19(2)3)7-17-14(18-10)11-5-4-6-20(8-11)9-13(16)21/h7,11H,4-6,8-9H2,1-3H3,(H2,16,21)/t11-/m0/s1. The SMILES string of the molecule is Cc1nc([C@H]2CCCN(CC(N)=O)C2)ncc1C(=O)N(C)C. The van der Waals surface area contributed by atoms with Crippen molar-refractivity contribution in [3.8, 4) is 0 Å². The van der Waals surface area contributed by atoms with Crippen molar-refractivity contribution < 1.29 is 9.59 Å². The molecule has 2 heterocycles. The summed E-state index contributed by atoms with van der Waals surface area (Å²) < 4.78 is 0. The van der Waals surface area contributed by atoms with E-state index < -0.39 is 0 Å². The number of amides is 2. The first-order valence-electron chi connectivity index (χ1n) is 7.44. The minimum atomic E-state index is -0.315. The average Bonchev–Trinajstić information content (AvgIpc) is 2.46. The van der Waals surface area contributed by atoms with E-state index in [0.29, 0.717) is 11.3 Å². The van der Waals surface area contributed by atoms with E-state index in [9.17, 15) is 9.59 Å². The lowest BCUT2D eigenvalue weighted by Crippen LogP contribution is -2.40. The van der Waals surface area contributed by atoms with Gasteiger partial charge in [-0.1, -0.05) is 0 Å². The number of piperidine rings is 1. The molecule has 0 spiro atoms. The zero-order valence-corrected chi connectivity index (χ0v) is 13.4. The van der Waals surface area contributed by atoms with Crippen molar-refractivity contribution in [1.29, 1.82) is 0 Å². The summed E-state index contributed by atoms with van der Waals surface area (Å²) in [6, 6.07) is 0. The monoisotopic (exact) mass is 305 g/mol. The maximum atomic E-state index is 12.0. The number of aromatic nitrogens is 2. The molecule has 1 aliphatic heterocycles. The van der Waals surface area contributed by atoms with E-state index in [0.717, 1.165) is 31.8 Å². The van der Waals surface area contributed by atoms with Crippen LogP contribution in [-0.4, -0.2) is 65.3 Å². The van der Waals surface area contributed by atoms with Gasteiger partial charge in [0.25, 0.3) is 5.91 Å². The van der Waals surface area contributed by atoms with E-state index in [4.69, 9.17) is 5.73 Å². The van der Waals surface area contributed by atoms with Gasteiger partial charge in [-0.25, -0.2) is 9.97 Å². The van der Waals surface area contributed by atoms with Crippen LogP contribution in [0.15, 0.2) is 6.20 Å². The number of hydrogen-bond acceptors (Lipinski definition) is 5. The molecule has 0 unspecified atom stereocenters. The van der Waals surface area contributed by atoms with Crippen LogP contribution in [0.5, 0.6) is 0 Å².